The van der Waals surface area contributed by atoms with E-state index in [-0.39, 0.29) is 0 Å². The van der Waals surface area contributed by atoms with Gasteiger partial charge in [0.2, 0.25) is 0 Å². The zero-order valence-corrected chi connectivity index (χ0v) is 10.9. The molecule has 1 aliphatic heterocycles. The van der Waals surface area contributed by atoms with Crippen LogP contribution >= 0.6 is 11.8 Å². The second-order valence-corrected chi connectivity index (χ2v) is 6.08. The van der Waals surface area contributed by atoms with Crippen LogP contribution in [0, 0.1) is 0 Å². The molecule has 0 spiro atoms. The monoisotopic (exact) mass is 251 g/mol. The summed E-state index contributed by atoms with van der Waals surface area (Å²) in [7, 11) is -1.37. The molecule has 1 unspecified atom stereocenters. The first-order valence-electron chi connectivity index (χ1n) is 5.94. The van der Waals surface area contributed by atoms with Crippen LogP contribution in [-0.2, 0) is 6.54 Å². The van der Waals surface area contributed by atoms with Crippen LogP contribution in [0.5, 0.6) is 0 Å². The predicted octanol–water partition coefficient (Wildman–Crippen LogP) is 0.304. The van der Waals surface area contributed by atoms with E-state index in [0.717, 1.165) is 25.2 Å². The average molecular weight is 251 g/mol. The second kappa shape index (κ2) is 5.91. The van der Waals surface area contributed by atoms with Crippen molar-refractivity contribution in [2.45, 2.75) is 18.7 Å². The molecule has 0 bridgehead atoms. The third-order valence-corrected chi connectivity index (χ3v) is 4.12. The van der Waals surface area contributed by atoms with E-state index in [2.05, 4.69) is 11.8 Å². The normalized spacial score (nSPS) is 21.5. The number of hydrogen-bond acceptors (Lipinski definition) is 4. The highest BCUT2D eigenvalue weighted by Gasteiger charge is 2.17. The number of rotatable bonds is 3. The third kappa shape index (κ3) is 3.74. The Hall–Kier alpha value is -0.485. The fraction of sp³-hybridized carbons (Fsp3) is 0.500. The molecule has 1 aromatic carbocycles. The first-order valence-corrected chi connectivity index (χ1v) is 6.99. The lowest BCUT2D eigenvalue weighted by Gasteiger charge is -2.30. The van der Waals surface area contributed by atoms with Crippen LogP contribution < -0.4 is 5.46 Å². The molecule has 0 radical (unpaired) electrons. The average Bonchev–Trinajstić information content (AvgIpc) is 2.29. The summed E-state index contributed by atoms with van der Waals surface area (Å²) in [4.78, 5) is 2.42. The van der Waals surface area contributed by atoms with E-state index in [4.69, 9.17) is 10.0 Å². The van der Waals surface area contributed by atoms with Crippen LogP contribution in [0.25, 0.3) is 0 Å². The van der Waals surface area contributed by atoms with Gasteiger partial charge in [-0.05, 0) is 11.0 Å². The molecular formula is C12H18BNO2S. The minimum atomic E-state index is -1.37. The Morgan fingerprint density at radius 3 is 3.00 bits per heavy atom. The summed E-state index contributed by atoms with van der Waals surface area (Å²) in [6, 6.07) is 7.53. The molecule has 92 valence electrons. The molecule has 2 rings (SSSR count). The maximum atomic E-state index is 9.13. The molecule has 1 aromatic rings. The Morgan fingerprint density at radius 2 is 2.29 bits per heavy atom. The molecule has 1 heterocycles. The SMILES string of the molecule is CC1CN(Cc2cccc(B(O)O)c2)CCS1. The molecule has 1 saturated heterocycles. The van der Waals surface area contributed by atoms with Gasteiger partial charge in [-0.2, -0.15) is 11.8 Å². The van der Waals surface area contributed by atoms with E-state index in [1.807, 2.05) is 30.0 Å². The van der Waals surface area contributed by atoms with Gasteiger partial charge in [-0.1, -0.05) is 31.2 Å². The molecule has 0 amide bonds. The molecule has 0 aromatic heterocycles. The quantitative estimate of drug-likeness (QED) is 0.758. The van der Waals surface area contributed by atoms with Gasteiger partial charge in [0.1, 0.15) is 0 Å². The summed E-state index contributed by atoms with van der Waals surface area (Å²) in [5, 5.41) is 19.0. The molecule has 0 aliphatic carbocycles. The lowest BCUT2D eigenvalue weighted by atomic mass is 9.79. The van der Waals surface area contributed by atoms with Crippen LogP contribution in [-0.4, -0.2) is 46.2 Å². The molecular weight excluding hydrogens is 233 g/mol. The van der Waals surface area contributed by atoms with Crippen molar-refractivity contribution in [1.82, 2.24) is 4.90 Å². The van der Waals surface area contributed by atoms with Crippen molar-refractivity contribution in [2.24, 2.45) is 0 Å². The summed E-state index contributed by atoms with van der Waals surface area (Å²) < 4.78 is 0. The van der Waals surface area contributed by atoms with Crippen molar-refractivity contribution in [1.29, 1.82) is 0 Å². The van der Waals surface area contributed by atoms with Crippen molar-refractivity contribution in [2.75, 3.05) is 18.8 Å². The van der Waals surface area contributed by atoms with Gasteiger partial charge >= 0.3 is 7.12 Å². The minimum absolute atomic E-state index is 0.571. The fourth-order valence-electron chi connectivity index (χ4n) is 2.14. The maximum Gasteiger partial charge on any atom is 0.488 e. The van der Waals surface area contributed by atoms with Crippen molar-refractivity contribution >= 4 is 24.3 Å². The highest BCUT2D eigenvalue weighted by atomic mass is 32.2. The molecule has 1 atom stereocenters. The molecule has 1 aliphatic rings. The Kier molecular flexibility index (Phi) is 4.51. The zero-order chi connectivity index (χ0) is 12.3. The van der Waals surface area contributed by atoms with E-state index in [1.165, 1.54) is 5.75 Å². The van der Waals surface area contributed by atoms with Gasteiger partial charge in [-0.25, -0.2) is 0 Å². The largest absolute Gasteiger partial charge is 0.488 e. The van der Waals surface area contributed by atoms with Gasteiger partial charge < -0.3 is 10.0 Å². The first-order chi connectivity index (χ1) is 8.15. The van der Waals surface area contributed by atoms with Gasteiger partial charge in [0.15, 0.2) is 0 Å². The van der Waals surface area contributed by atoms with Crippen molar-refractivity contribution in [3.8, 4) is 0 Å². The summed E-state index contributed by atoms with van der Waals surface area (Å²) in [6.07, 6.45) is 0. The molecule has 17 heavy (non-hydrogen) atoms. The number of benzene rings is 1. The van der Waals surface area contributed by atoms with Crippen LogP contribution in [0.15, 0.2) is 24.3 Å². The Balaban J connectivity index is 2.00. The molecule has 3 nitrogen and oxygen atoms in total. The highest BCUT2D eigenvalue weighted by molar-refractivity contribution is 7.99. The molecule has 1 fully saturated rings. The third-order valence-electron chi connectivity index (χ3n) is 2.98. The standard InChI is InChI=1S/C12H18BNO2S/c1-10-8-14(5-6-17-10)9-11-3-2-4-12(7-11)13(15)16/h2-4,7,10,15-16H,5-6,8-9H2,1H3. The predicted molar refractivity (Wildman–Crippen MR) is 73.5 cm³/mol. The van der Waals surface area contributed by atoms with E-state index in [1.54, 1.807) is 6.07 Å². The fourth-order valence-corrected chi connectivity index (χ4v) is 3.23. The summed E-state index contributed by atoms with van der Waals surface area (Å²) >= 11 is 2.02. The first kappa shape index (κ1) is 13.0. The van der Waals surface area contributed by atoms with Crippen LogP contribution in [0.4, 0.5) is 0 Å². The van der Waals surface area contributed by atoms with Gasteiger partial charge in [-0.3, -0.25) is 4.90 Å². The summed E-state index contributed by atoms with van der Waals surface area (Å²) in [5.41, 5.74) is 1.72. The zero-order valence-electron chi connectivity index (χ0n) is 10.0. The molecule has 5 heteroatoms. The van der Waals surface area contributed by atoms with Gasteiger partial charge in [0.25, 0.3) is 0 Å². The van der Waals surface area contributed by atoms with E-state index >= 15 is 0 Å². The Bertz CT molecular complexity index is 375. The van der Waals surface area contributed by atoms with Crippen LogP contribution in [0.1, 0.15) is 12.5 Å². The summed E-state index contributed by atoms with van der Waals surface area (Å²) in [5.74, 6) is 1.18. The van der Waals surface area contributed by atoms with Gasteiger partial charge in [0, 0.05) is 30.6 Å². The van der Waals surface area contributed by atoms with E-state index < -0.39 is 7.12 Å². The maximum absolute atomic E-state index is 9.13. The van der Waals surface area contributed by atoms with Crippen LogP contribution in [0.3, 0.4) is 0 Å². The second-order valence-electron chi connectivity index (χ2n) is 4.54. The number of hydrogen-bond donors (Lipinski definition) is 2. The number of thioether (sulfide) groups is 1. The topological polar surface area (TPSA) is 43.7 Å². The molecule has 0 saturated carbocycles. The van der Waals surface area contributed by atoms with E-state index in [9.17, 15) is 0 Å². The summed E-state index contributed by atoms with van der Waals surface area (Å²) in [6.45, 7) is 5.37. The Morgan fingerprint density at radius 1 is 1.47 bits per heavy atom. The lowest BCUT2D eigenvalue weighted by Crippen LogP contribution is -2.36. The molecule has 2 N–H and O–H groups in total. The van der Waals surface area contributed by atoms with Gasteiger partial charge in [0.05, 0.1) is 0 Å². The smallest absolute Gasteiger partial charge is 0.423 e. The van der Waals surface area contributed by atoms with Crippen LogP contribution in [0.2, 0.25) is 0 Å². The van der Waals surface area contributed by atoms with Crippen molar-refractivity contribution < 1.29 is 10.0 Å². The van der Waals surface area contributed by atoms with Crippen molar-refractivity contribution in [3.05, 3.63) is 29.8 Å². The minimum Gasteiger partial charge on any atom is -0.423 e. The van der Waals surface area contributed by atoms with Crippen molar-refractivity contribution in [3.63, 3.8) is 0 Å². The Labute approximate surface area is 107 Å². The lowest BCUT2D eigenvalue weighted by molar-refractivity contribution is 0.278. The van der Waals surface area contributed by atoms with Gasteiger partial charge in [-0.15, -0.1) is 0 Å². The number of nitrogens with zero attached hydrogens (tertiary/aromatic N) is 1. The highest BCUT2D eigenvalue weighted by Crippen LogP contribution is 2.19. The van der Waals surface area contributed by atoms with E-state index in [0.29, 0.717) is 10.7 Å².